The average Bonchev–Trinajstić information content (AvgIpc) is 2.47. The Morgan fingerprint density at radius 2 is 1.76 bits per heavy atom. The maximum Gasteiger partial charge on any atom is 0.332 e. The van der Waals surface area contributed by atoms with Crippen molar-refractivity contribution in [2.24, 2.45) is 0 Å². The monoisotopic (exact) mass is 288 g/mol. The largest absolute Gasteiger partial charge is 0.493 e. The quantitative estimate of drug-likeness (QED) is 0.731. The number of methoxy groups -OCH3 is 1. The molecule has 0 aliphatic carbocycles. The first kappa shape index (κ1) is 13.9. The van der Waals surface area contributed by atoms with E-state index in [2.05, 4.69) is 0 Å². The van der Waals surface area contributed by atoms with Crippen LogP contribution in [-0.4, -0.2) is 28.4 Å². The third-order valence-electron chi connectivity index (χ3n) is 3.68. The lowest BCUT2D eigenvalue weighted by Crippen LogP contribution is -2.47. The molecule has 21 heavy (non-hydrogen) atoms. The van der Waals surface area contributed by atoms with E-state index in [0.717, 1.165) is 0 Å². The highest BCUT2D eigenvalue weighted by Crippen LogP contribution is 2.50. The average molecular weight is 288 g/mol. The molecule has 0 saturated carbocycles. The molecule has 0 radical (unpaired) electrons. The highest BCUT2D eigenvalue weighted by atomic mass is 16.8. The first-order valence-corrected chi connectivity index (χ1v) is 6.58. The Morgan fingerprint density at radius 1 is 1.05 bits per heavy atom. The van der Waals surface area contributed by atoms with E-state index in [4.69, 9.17) is 9.47 Å². The molecule has 3 N–H and O–H groups in total. The molecule has 5 nitrogen and oxygen atoms in total. The smallest absolute Gasteiger partial charge is 0.332 e. The number of hydrogen-bond acceptors (Lipinski definition) is 5. The van der Waals surface area contributed by atoms with Crippen LogP contribution in [0.25, 0.3) is 0 Å². The molecule has 2 aromatic rings. The Hall–Kier alpha value is -2.08. The minimum absolute atomic E-state index is 0.143. The Kier molecular flexibility index (Phi) is 3.33. The maximum atomic E-state index is 10.6. The summed E-state index contributed by atoms with van der Waals surface area (Å²) in [6, 6.07) is 13.8. The molecule has 2 unspecified atom stereocenters. The maximum absolute atomic E-state index is 10.6. The van der Waals surface area contributed by atoms with E-state index in [9.17, 15) is 15.3 Å². The van der Waals surface area contributed by atoms with E-state index in [0.29, 0.717) is 16.9 Å². The van der Waals surface area contributed by atoms with Crippen molar-refractivity contribution in [1.29, 1.82) is 0 Å². The number of aliphatic hydroxyl groups is 3. The van der Waals surface area contributed by atoms with Crippen LogP contribution in [0, 0.1) is 0 Å². The second kappa shape index (κ2) is 5.04. The molecule has 0 spiro atoms. The lowest BCUT2D eigenvalue weighted by molar-refractivity contribution is -0.325. The summed E-state index contributed by atoms with van der Waals surface area (Å²) in [5.74, 6) is -3.06. The molecule has 1 aliphatic heterocycles. The summed E-state index contributed by atoms with van der Waals surface area (Å²) in [6.45, 7) is 0. The van der Waals surface area contributed by atoms with Crippen molar-refractivity contribution < 1.29 is 24.8 Å². The summed E-state index contributed by atoms with van der Waals surface area (Å²) in [5.41, 5.74) is 1.03. The molecular formula is C16H16O5. The van der Waals surface area contributed by atoms with Crippen molar-refractivity contribution in [2.75, 3.05) is 7.11 Å². The van der Waals surface area contributed by atoms with Gasteiger partial charge in [0.15, 0.2) is 11.5 Å². The van der Waals surface area contributed by atoms with Gasteiger partial charge in [0.05, 0.1) is 13.2 Å². The van der Waals surface area contributed by atoms with E-state index in [1.54, 1.807) is 42.5 Å². The molecule has 0 bridgehead atoms. The Bertz CT molecular complexity index is 638. The van der Waals surface area contributed by atoms with Crippen molar-refractivity contribution in [3.05, 3.63) is 59.7 Å². The minimum atomic E-state index is -2.53. The molecule has 0 fully saturated rings. The molecule has 1 heterocycles. The zero-order valence-corrected chi connectivity index (χ0v) is 11.4. The Labute approximate surface area is 122 Å². The number of aliphatic hydroxyl groups excluding tert-OH is 1. The Morgan fingerprint density at radius 3 is 2.43 bits per heavy atom. The summed E-state index contributed by atoms with van der Waals surface area (Å²) in [5, 5.41) is 31.1. The van der Waals surface area contributed by atoms with Crippen molar-refractivity contribution in [3.8, 4) is 11.5 Å². The molecule has 110 valence electrons. The number of benzene rings is 2. The first-order chi connectivity index (χ1) is 10.0. The molecule has 1 aliphatic rings. The number of hydrogen-bond donors (Lipinski definition) is 3. The van der Waals surface area contributed by atoms with Gasteiger partial charge in [-0.15, -0.1) is 0 Å². The van der Waals surface area contributed by atoms with Crippen LogP contribution in [0.2, 0.25) is 0 Å². The van der Waals surface area contributed by atoms with Crippen molar-refractivity contribution in [1.82, 2.24) is 0 Å². The normalized spacial score (nSPS) is 23.0. The zero-order chi connectivity index (χ0) is 15.0. The van der Waals surface area contributed by atoms with Gasteiger partial charge in [-0.25, -0.2) is 0 Å². The van der Waals surface area contributed by atoms with Gasteiger partial charge in [-0.1, -0.05) is 42.5 Å². The molecular weight excluding hydrogens is 272 g/mol. The summed E-state index contributed by atoms with van der Waals surface area (Å²) in [6.07, 6.45) is -1.12. The van der Waals surface area contributed by atoms with Gasteiger partial charge in [0.2, 0.25) is 0 Å². The predicted octanol–water partition coefficient (Wildman–Crippen LogP) is 1.54. The van der Waals surface area contributed by atoms with Gasteiger partial charge in [0.25, 0.3) is 0 Å². The van der Waals surface area contributed by atoms with Crippen molar-refractivity contribution in [2.45, 2.75) is 18.0 Å². The molecule has 5 heteroatoms. The highest BCUT2D eigenvalue weighted by molar-refractivity contribution is 5.50. The standard InChI is InChI=1S/C16H16O5/c1-20-12-9-5-8-11-14(17)13(10-6-3-2-4-7-10)16(18,19)21-15(11)12/h2-9,13-14,17-19H,1H3. The predicted molar refractivity (Wildman–Crippen MR) is 74.9 cm³/mol. The second-order valence-electron chi connectivity index (χ2n) is 4.97. The van der Waals surface area contributed by atoms with Gasteiger partial charge in [0, 0.05) is 5.56 Å². The van der Waals surface area contributed by atoms with Gasteiger partial charge in [0.1, 0.15) is 5.92 Å². The fourth-order valence-electron chi connectivity index (χ4n) is 2.69. The van der Waals surface area contributed by atoms with Crippen LogP contribution >= 0.6 is 0 Å². The third-order valence-corrected chi connectivity index (χ3v) is 3.68. The number of para-hydroxylation sites is 1. The summed E-state index contributed by atoms with van der Waals surface area (Å²) < 4.78 is 10.4. The summed E-state index contributed by atoms with van der Waals surface area (Å²) in [4.78, 5) is 0. The molecule has 2 atom stereocenters. The fourth-order valence-corrected chi connectivity index (χ4v) is 2.69. The van der Waals surface area contributed by atoms with Crippen LogP contribution < -0.4 is 9.47 Å². The van der Waals surface area contributed by atoms with Gasteiger partial charge >= 0.3 is 5.97 Å². The number of ether oxygens (including phenoxy) is 2. The van der Waals surface area contributed by atoms with Crippen LogP contribution in [0.4, 0.5) is 0 Å². The number of fused-ring (bicyclic) bond motifs is 1. The minimum Gasteiger partial charge on any atom is -0.493 e. The van der Waals surface area contributed by atoms with Crippen molar-refractivity contribution in [3.63, 3.8) is 0 Å². The Balaban J connectivity index is 2.12. The van der Waals surface area contributed by atoms with Crippen LogP contribution in [0.15, 0.2) is 48.5 Å². The van der Waals surface area contributed by atoms with Crippen molar-refractivity contribution >= 4 is 0 Å². The third kappa shape index (κ3) is 2.25. The topological polar surface area (TPSA) is 79.2 Å². The molecule has 0 aromatic heterocycles. The van der Waals surface area contributed by atoms with Gasteiger partial charge in [-0.05, 0) is 11.6 Å². The van der Waals surface area contributed by atoms with Gasteiger partial charge in [-0.2, -0.15) is 0 Å². The van der Waals surface area contributed by atoms with E-state index in [1.807, 2.05) is 6.07 Å². The molecule has 3 rings (SSSR count). The fraction of sp³-hybridized carbons (Fsp3) is 0.250. The molecule has 0 amide bonds. The van der Waals surface area contributed by atoms with E-state index >= 15 is 0 Å². The summed E-state index contributed by atoms with van der Waals surface area (Å²) >= 11 is 0. The van der Waals surface area contributed by atoms with Crippen LogP contribution in [0.1, 0.15) is 23.1 Å². The zero-order valence-electron chi connectivity index (χ0n) is 11.4. The van der Waals surface area contributed by atoms with E-state index in [1.165, 1.54) is 7.11 Å². The SMILES string of the molecule is COc1cccc2c1OC(O)(O)C(c1ccccc1)C2O. The summed E-state index contributed by atoms with van der Waals surface area (Å²) in [7, 11) is 1.45. The van der Waals surface area contributed by atoms with E-state index < -0.39 is 18.0 Å². The molecule has 2 aromatic carbocycles. The van der Waals surface area contributed by atoms with Crippen LogP contribution in [-0.2, 0) is 0 Å². The number of rotatable bonds is 2. The van der Waals surface area contributed by atoms with Gasteiger partial charge < -0.3 is 24.8 Å². The van der Waals surface area contributed by atoms with Gasteiger partial charge in [-0.3, -0.25) is 0 Å². The first-order valence-electron chi connectivity index (χ1n) is 6.58. The lowest BCUT2D eigenvalue weighted by atomic mass is 9.84. The molecule has 0 saturated heterocycles. The second-order valence-corrected chi connectivity index (χ2v) is 4.97. The highest BCUT2D eigenvalue weighted by Gasteiger charge is 2.49. The van der Waals surface area contributed by atoms with E-state index in [-0.39, 0.29) is 5.75 Å². The van der Waals surface area contributed by atoms with Crippen LogP contribution in [0.5, 0.6) is 11.5 Å². The van der Waals surface area contributed by atoms with Crippen LogP contribution in [0.3, 0.4) is 0 Å². The lowest BCUT2D eigenvalue weighted by Gasteiger charge is -2.40.